The maximum Gasteiger partial charge on any atom is 0.179 e. The molecule has 4 heteroatoms. The Bertz CT molecular complexity index is 448. The predicted molar refractivity (Wildman–Crippen MR) is 74.3 cm³/mol. The third kappa shape index (κ3) is 4.08. The first kappa shape index (κ1) is 15.2. The lowest BCUT2D eigenvalue weighted by molar-refractivity contribution is 0.0847. The maximum absolute atomic E-state index is 12.3. The number of nitrogens with zero attached hydrogens (tertiary/aromatic N) is 2. The summed E-state index contributed by atoms with van der Waals surface area (Å²) in [7, 11) is 1.60. The number of hydrogen-bond acceptors (Lipinski definition) is 4. The number of nitriles is 1. The Morgan fingerprint density at radius 3 is 2.53 bits per heavy atom. The lowest BCUT2D eigenvalue weighted by atomic mass is 10.0. The molecule has 0 amide bonds. The van der Waals surface area contributed by atoms with Crippen molar-refractivity contribution in [2.24, 2.45) is 0 Å². The quantitative estimate of drug-likeness (QED) is 0.707. The average Bonchev–Trinajstić information content (AvgIpc) is 2.47. The second-order valence-corrected chi connectivity index (χ2v) is 4.31. The van der Waals surface area contributed by atoms with Crippen LogP contribution in [0.1, 0.15) is 30.6 Å². The fourth-order valence-corrected chi connectivity index (χ4v) is 1.98. The maximum atomic E-state index is 12.3. The summed E-state index contributed by atoms with van der Waals surface area (Å²) >= 11 is 0. The second kappa shape index (κ2) is 7.55. The number of rotatable bonds is 7. The predicted octanol–water partition coefficient (Wildman–Crippen LogP) is 2.50. The molecule has 0 fully saturated rings. The van der Waals surface area contributed by atoms with Gasteiger partial charge in [0.1, 0.15) is 5.75 Å². The lowest BCUT2D eigenvalue weighted by Gasteiger charge is -2.25. The monoisotopic (exact) mass is 260 g/mol. The van der Waals surface area contributed by atoms with Crippen molar-refractivity contribution in [3.05, 3.63) is 29.8 Å². The summed E-state index contributed by atoms with van der Waals surface area (Å²) in [6.45, 7) is 5.25. The molecule has 1 unspecified atom stereocenters. The highest BCUT2D eigenvalue weighted by atomic mass is 16.5. The second-order valence-electron chi connectivity index (χ2n) is 4.31. The van der Waals surface area contributed by atoms with Crippen molar-refractivity contribution in [1.29, 1.82) is 5.26 Å². The van der Waals surface area contributed by atoms with Gasteiger partial charge in [-0.05, 0) is 37.7 Å². The van der Waals surface area contributed by atoms with Gasteiger partial charge in [-0.1, -0.05) is 6.92 Å². The van der Waals surface area contributed by atoms with E-state index in [9.17, 15) is 4.79 Å². The first-order valence-corrected chi connectivity index (χ1v) is 6.43. The number of likely N-dealkylation sites (N-methyl/N-ethyl adjacent to an activating group) is 1. The van der Waals surface area contributed by atoms with Crippen LogP contribution in [0.25, 0.3) is 0 Å². The van der Waals surface area contributed by atoms with Crippen molar-refractivity contribution in [3.63, 3.8) is 0 Å². The van der Waals surface area contributed by atoms with E-state index in [2.05, 4.69) is 6.07 Å². The van der Waals surface area contributed by atoms with E-state index >= 15 is 0 Å². The fourth-order valence-electron chi connectivity index (χ4n) is 1.98. The molecule has 0 bridgehead atoms. The number of hydrogen-bond donors (Lipinski definition) is 0. The van der Waals surface area contributed by atoms with Crippen LogP contribution in [0.5, 0.6) is 5.75 Å². The minimum atomic E-state index is -0.216. The number of ketones is 1. The van der Waals surface area contributed by atoms with Gasteiger partial charge in [0.25, 0.3) is 0 Å². The van der Waals surface area contributed by atoms with Crippen molar-refractivity contribution in [1.82, 2.24) is 4.90 Å². The van der Waals surface area contributed by atoms with Crippen LogP contribution in [-0.4, -0.2) is 36.9 Å². The highest BCUT2D eigenvalue weighted by molar-refractivity contribution is 5.99. The van der Waals surface area contributed by atoms with Crippen LogP contribution >= 0.6 is 0 Å². The SMILES string of the molecule is CCN(CCC#N)C(C)C(=O)c1ccc(OC)cc1. The Morgan fingerprint density at radius 2 is 2.05 bits per heavy atom. The molecule has 0 spiro atoms. The smallest absolute Gasteiger partial charge is 0.179 e. The van der Waals surface area contributed by atoms with E-state index in [0.717, 1.165) is 12.3 Å². The molecule has 19 heavy (non-hydrogen) atoms. The summed E-state index contributed by atoms with van der Waals surface area (Å²) in [5.41, 5.74) is 0.670. The minimum Gasteiger partial charge on any atom is -0.497 e. The molecule has 1 rings (SSSR count). The molecule has 0 N–H and O–H groups in total. The molecule has 0 aliphatic carbocycles. The molecule has 0 aliphatic rings. The van der Waals surface area contributed by atoms with Crippen molar-refractivity contribution in [2.75, 3.05) is 20.2 Å². The summed E-state index contributed by atoms with van der Waals surface area (Å²) in [5.74, 6) is 0.809. The molecule has 1 atom stereocenters. The van der Waals surface area contributed by atoms with Gasteiger partial charge in [0.05, 0.1) is 19.2 Å². The summed E-state index contributed by atoms with van der Waals surface area (Å²) in [5, 5.41) is 8.63. The van der Waals surface area contributed by atoms with Crippen LogP contribution in [0, 0.1) is 11.3 Å². The number of carbonyl (C=O) groups excluding carboxylic acids is 1. The van der Waals surface area contributed by atoms with Crippen molar-refractivity contribution < 1.29 is 9.53 Å². The van der Waals surface area contributed by atoms with Crippen LogP contribution in [0.3, 0.4) is 0 Å². The molecular weight excluding hydrogens is 240 g/mol. The molecule has 1 aromatic carbocycles. The van der Waals surface area contributed by atoms with Gasteiger partial charge < -0.3 is 4.74 Å². The van der Waals surface area contributed by atoms with E-state index < -0.39 is 0 Å². The largest absolute Gasteiger partial charge is 0.497 e. The number of Topliss-reactive ketones (excluding diaryl/α,β-unsaturated/α-hetero) is 1. The topological polar surface area (TPSA) is 53.3 Å². The van der Waals surface area contributed by atoms with E-state index in [1.807, 2.05) is 18.7 Å². The van der Waals surface area contributed by atoms with Crippen molar-refractivity contribution in [3.8, 4) is 11.8 Å². The zero-order valence-corrected chi connectivity index (χ0v) is 11.7. The molecule has 0 aromatic heterocycles. The average molecular weight is 260 g/mol. The normalized spacial score (nSPS) is 11.9. The number of carbonyl (C=O) groups is 1. The first-order valence-electron chi connectivity index (χ1n) is 6.43. The van der Waals surface area contributed by atoms with Gasteiger partial charge in [0.15, 0.2) is 5.78 Å². The first-order chi connectivity index (χ1) is 9.13. The minimum absolute atomic E-state index is 0.0717. The van der Waals surface area contributed by atoms with Crippen molar-refractivity contribution in [2.45, 2.75) is 26.3 Å². The summed E-state index contributed by atoms with van der Waals surface area (Å²) in [6, 6.07) is 9.01. The van der Waals surface area contributed by atoms with Crippen LogP contribution < -0.4 is 4.74 Å². The highest BCUT2D eigenvalue weighted by Crippen LogP contribution is 2.14. The van der Waals surface area contributed by atoms with Crippen molar-refractivity contribution >= 4 is 5.78 Å². The van der Waals surface area contributed by atoms with E-state index in [1.165, 1.54) is 0 Å². The molecular formula is C15H20N2O2. The Hall–Kier alpha value is -1.86. The van der Waals surface area contributed by atoms with E-state index in [-0.39, 0.29) is 11.8 Å². The molecule has 0 radical (unpaired) electrons. The molecule has 0 saturated carbocycles. The third-order valence-corrected chi connectivity index (χ3v) is 3.22. The van der Waals surface area contributed by atoms with Gasteiger partial charge in [0.2, 0.25) is 0 Å². The molecule has 0 saturated heterocycles. The Morgan fingerprint density at radius 1 is 1.42 bits per heavy atom. The Labute approximate surface area is 114 Å². The van der Waals surface area contributed by atoms with Crippen LogP contribution in [0.4, 0.5) is 0 Å². The number of methoxy groups -OCH3 is 1. The Kier molecular flexibility index (Phi) is 6.04. The van der Waals surface area contributed by atoms with Gasteiger partial charge in [-0.3, -0.25) is 9.69 Å². The molecule has 102 valence electrons. The Balaban J connectivity index is 2.76. The van der Waals surface area contributed by atoms with Crippen LogP contribution in [0.2, 0.25) is 0 Å². The van der Waals surface area contributed by atoms with Gasteiger partial charge in [0, 0.05) is 18.5 Å². The fraction of sp³-hybridized carbons (Fsp3) is 0.467. The van der Waals surface area contributed by atoms with Gasteiger partial charge in [-0.25, -0.2) is 0 Å². The number of benzene rings is 1. The van der Waals surface area contributed by atoms with Gasteiger partial charge >= 0.3 is 0 Å². The molecule has 4 nitrogen and oxygen atoms in total. The summed E-state index contributed by atoms with van der Waals surface area (Å²) in [6.07, 6.45) is 0.439. The van der Waals surface area contributed by atoms with E-state index in [0.29, 0.717) is 18.5 Å². The molecule has 0 heterocycles. The summed E-state index contributed by atoms with van der Waals surface area (Å²) in [4.78, 5) is 14.4. The highest BCUT2D eigenvalue weighted by Gasteiger charge is 2.20. The van der Waals surface area contributed by atoms with Gasteiger partial charge in [-0.15, -0.1) is 0 Å². The zero-order chi connectivity index (χ0) is 14.3. The van der Waals surface area contributed by atoms with Gasteiger partial charge in [-0.2, -0.15) is 5.26 Å². The van der Waals surface area contributed by atoms with Crippen LogP contribution in [-0.2, 0) is 0 Å². The number of ether oxygens (including phenoxy) is 1. The third-order valence-electron chi connectivity index (χ3n) is 3.22. The summed E-state index contributed by atoms with van der Waals surface area (Å²) < 4.78 is 5.07. The molecule has 0 aliphatic heterocycles. The standard InChI is InChI=1S/C15H20N2O2/c1-4-17(11-5-10-16)12(2)15(18)13-6-8-14(19-3)9-7-13/h6-9,12H,4-5,11H2,1-3H3. The molecule has 1 aromatic rings. The van der Waals surface area contributed by atoms with E-state index in [4.69, 9.17) is 10.00 Å². The van der Waals surface area contributed by atoms with Crippen LogP contribution in [0.15, 0.2) is 24.3 Å². The lowest BCUT2D eigenvalue weighted by Crippen LogP contribution is -2.39. The zero-order valence-electron chi connectivity index (χ0n) is 11.7. The van der Waals surface area contributed by atoms with E-state index in [1.54, 1.807) is 31.4 Å².